The lowest BCUT2D eigenvalue weighted by molar-refractivity contribution is 0.413. The van der Waals surface area contributed by atoms with Crippen LogP contribution in [-0.2, 0) is 22.0 Å². The Labute approximate surface area is 142 Å². The molecule has 24 heavy (non-hydrogen) atoms. The molecule has 5 heteroatoms. The molecule has 1 aliphatic carbocycles. The molecule has 0 saturated heterocycles. The molecule has 0 spiro atoms. The Balaban J connectivity index is 1.92. The monoisotopic (exact) mass is 341 g/mol. The molecule has 0 N–H and O–H groups in total. The van der Waals surface area contributed by atoms with E-state index in [9.17, 15) is 13.7 Å². The molecule has 2 aromatic rings. The highest BCUT2D eigenvalue weighted by molar-refractivity contribution is 7.90. The zero-order valence-corrected chi connectivity index (χ0v) is 14.3. The molecular weight excluding hydrogens is 322 g/mol. The largest absolute Gasteiger partial charge is 0.495 e. The Hall–Kier alpha value is -2.32. The second kappa shape index (κ2) is 6.66. The van der Waals surface area contributed by atoms with Gasteiger partial charge < -0.3 is 4.74 Å². The van der Waals surface area contributed by atoms with Crippen LogP contribution in [0, 0.1) is 11.3 Å². The van der Waals surface area contributed by atoms with Crippen molar-refractivity contribution in [1.82, 2.24) is 0 Å². The number of methoxy groups -OCH3 is 1. The minimum absolute atomic E-state index is 0.0648. The molecule has 0 saturated carbocycles. The maximum absolute atomic E-state index is 13.0. The summed E-state index contributed by atoms with van der Waals surface area (Å²) < 4.78 is 31.0. The summed E-state index contributed by atoms with van der Waals surface area (Å²) in [5.74, 6) is 0.395. The van der Waals surface area contributed by atoms with Gasteiger partial charge in [0.25, 0.3) is 0 Å². The van der Waals surface area contributed by atoms with Gasteiger partial charge in [0.15, 0.2) is 9.84 Å². The summed E-state index contributed by atoms with van der Waals surface area (Å²) in [6.07, 6.45) is 2.47. The highest BCUT2D eigenvalue weighted by Crippen LogP contribution is 2.37. The molecule has 2 aromatic carbocycles. The van der Waals surface area contributed by atoms with E-state index in [4.69, 9.17) is 4.74 Å². The first-order valence-electron chi connectivity index (χ1n) is 7.91. The van der Waals surface area contributed by atoms with Gasteiger partial charge in [0.2, 0.25) is 0 Å². The Morgan fingerprint density at radius 3 is 2.79 bits per heavy atom. The van der Waals surface area contributed by atoms with Crippen molar-refractivity contribution in [2.75, 3.05) is 7.11 Å². The molecule has 1 aliphatic rings. The maximum atomic E-state index is 13.0. The van der Waals surface area contributed by atoms with E-state index in [1.165, 1.54) is 7.11 Å². The van der Waals surface area contributed by atoms with Gasteiger partial charge in [-0.15, -0.1) is 0 Å². The van der Waals surface area contributed by atoms with Crippen LogP contribution in [0.4, 0.5) is 0 Å². The van der Waals surface area contributed by atoms with Crippen LogP contribution in [0.15, 0.2) is 42.5 Å². The lowest BCUT2D eigenvalue weighted by Crippen LogP contribution is -2.20. The Morgan fingerprint density at radius 1 is 1.25 bits per heavy atom. The number of hydrogen-bond acceptors (Lipinski definition) is 4. The molecule has 3 rings (SSSR count). The fraction of sp³-hybridized carbons (Fsp3) is 0.316. The lowest BCUT2D eigenvalue weighted by Gasteiger charge is -2.25. The van der Waals surface area contributed by atoms with E-state index >= 15 is 0 Å². The summed E-state index contributed by atoms with van der Waals surface area (Å²) in [4.78, 5) is 0. The van der Waals surface area contributed by atoms with E-state index in [0.717, 1.165) is 24.0 Å². The highest BCUT2D eigenvalue weighted by atomic mass is 32.2. The zero-order chi connectivity index (χ0) is 17.2. The summed E-state index contributed by atoms with van der Waals surface area (Å²) >= 11 is 0. The molecule has 1 atom stereocenters. The number of ether oxygens (including phenoxy) is 1. The van der Waals surface area contributed by atoms with Crippen molar-refractivity contribution in [1.29, 1.82) is 5.26 Å². The topological polar surface area (TPSA) is 67.2 Å². The number of fused-ring (bicyclic) bond motifs is 1. The van der Waals surface area contributed by atoms with Gasteiger partial charge in [-0.3, -0.25) is 0 Å². The summed E-state index contributed by atoms with van der Waals surface area (Å²) in [5, 5.41) is 8.71. The predicted octanol–water partition coefficient (Wildman–Crippen LogP) is 3.56. The summed E-state index contributed by atoms with van der Waals surface area (Å²) in [6.45, 7) is 0. The van der Waals surface area contributed by atoms with Crippen LogP contribution in [0.25, 0.3) is 0 Å². The van der Waals surface area contributed by atoms with Gasteiger partial charge in [0.1, 0.15) is 11.8 Å². The van der Waals surface area contributed by atoms with Gasteiger partial charge in [0.05, 0.1) is 23.7 Å². The minimum atomic E-state index is -3.34. The fourth-order valence-electron chi connectivity index (χ4n) is 3.35. The summed E-state index contributed by atoms with van der Waals surface area (Å²) in [5.41, 5.74) is 3.03. The van der Waals surface area contributed by atoms with Crippen LogP contribution < -0.4 is 4.74 Å². The van der Waals surface area contributed by atoms with Crippen molar-refractivity contribution in [3.05, 3.63) is 64.7 Å². The van der Waals surface area contributed by atoms with Gasteiger partial charge in [-0.05, 0) is 48.1 Å². The molecule has 0 unspecified atom stereocenters. The average Bonchev–Trinajstić information content (AvgIpc) is 2.60. The van der Waals surface area contributed by atoms with Gasteiger partial charge in [0, 0.05) is 0 Å². The number of aryl methyl sites for hydroxylation is 1. The first-order chi connectivity index (χ1) is 11.5. The van der Waals surface area contributed by atoms with Crippen LogP contribution in [0.2, 0.25) is 0 Å². The summed E-state index contributed by atoms with van der Waals surface area (Å²) in [7, 11) is -1.85. The maximum Gasteiger partial charge on any atom is 0.161 e. The third kappa shape index (κ3) is 3.15. The van der Waals surface area contributed by atoms with Gasteiger partial charge >= 0.3 is 0 Å². The predicted molar refractivity (Wildman–Crippen MR) is 92.5 cm³/mol. The fourth-order valence-corrected chi connectivity index (χ4v) is 5.34. The standard InChI is InChI=1S/C19H19NO3S/c1-23-18-10-9-14(11-16(18)12-20)13-24(21,22)19-8-4-6-15-5-2-3-7-17(15)19/h2-3,5,7,9-11,19H,4,6,8,13H2,1H3/t19-/m1/s1. The third-order valence-corrected chi connectivity index (χ3v) is 6.59. The SMILES string of the molecule is COc1ccc(CS(=O)(=O)[C@@H]2CCCc3ccccc32)cc1C#N. The molecule has 0 bridgehead atoms. The van der Waals surface area contributed by atoms with Gasteiger partial charge in [-0.25, -0.2) is 8.42 Å². The first-order valence-corrected chi connectivity index (χ1v) is 9.63. The minimum Gasteiger partial charge on any atom is -0.495 e. The molecule has 0 amide bonds. The molecule has 0 radical (unpaired) electrons. The molecule has 0 fully saturated rings. The van der Waals surface area contributed by atoms with Crippen LogP contribution in [-0.4, -0.2) is 15.5 Å². The number of benzene rings is 2. The van der Waals surface area contributed by atoms with Crippen molar-refractivity contribution < 1.29 is 13.2 Å². The molecule has 0 aliphatic heterocycles. The van der Waals surface area contributed by atoms with Crippen LogP contribution in [0.1, 0.15) is 40.3 Å². The normalized spacial score (nSPS) is 16.9. The average molecular weight is 341 g/mol. The summed E-state index contributed by atoms with van der Waals surface area (Å²) in [6, 6.07) is 14.8. The van der Waals surface area contributed by atoms with E-state index in [1.807, 2.05) is 30.3 Å². The lowest BCUT2D eigenvalue weighted by atomic mass is 9.91. The number of rotatable bonds is 4. The molecule has 4 nitrogen and oxygen atoms in total. The number of nitrogens with zero attached hydrogens (tertiary/aromatic N) is 1. The van der Waals surface area contributed by atoms with Crippen LogP contribution in [0.3, 0.4) is 0 Å². The van der Waals surface area contributed by atoms with Crippen molar-refractivity contribution in [2.24, 2.45) is 0 Å². The third-order valence-electron chi connectivity index (χ3n) is 4.50. The van der Waals surface area contributed by atoms with E-state index in [1.54, 1.807) is 18.2 Å². The highest BCUT2D eigenvalue weighted by Gasteiger charge is 2.31. The molecule has 0 heterocycles. The second-order valence-corrected chi connectivity index (χ2v) is 8.22. The second-order valence-electron chi connectivity index (χ2n) is 6.03. The van der Waals surface area contributed by atoms with Crippen LogP contribution >= 0.6 is 0 Å². The first kappa shape index (κ1) is 16.5. The quantitative estimate of drug-likeness (QED) is 0.853. The van der Waals surface area contributed by atoms with Gasteiger partial charge in [-0.1, -0.05) is 30.3 Å². The van der Waals surface area contributed by atoms with E-state index in [2.05, 4.69) is 0 Å². The van der Waals surface area contributed by atoms with Crippen molar-refractivity contribution in [2.45, 2.75) is 30.3 Å². The van der Waals surface area contributed by atoms with Gasteiger partial charge in [-0.2, -0.15) is 5.26 Å². The Morgan fingerprint density at radius 2 is 2.04 bits per heavy atom. The van der Waals surface area contributed by atoms with E-state index < -0.39 is 15.1 Å². The van der Waals surface area contributed by atoms with Crippen molar-refractivity contribution in [3.63, 3.8) is 0 Å². The molecular formula is C19H19NO3S. The molecule has 124 valence electrons. The Kier molecular flexibility index (Phi) is 4.59. The van der Waals surface area contributed by atoms with Crippen molar-refractivity contribution in [3.8, 4) is 11.8 Å². The number of hydrogen-bond donors (Lipinski definition) is 0. The number of sulfone groups is 1. The van der Waals surface area contributed by atoms with E-state index in [-0.39, 0.29) is 5.75 Å². The Bertz CT molecular complexity index is 897. The van der Waals surface area contributed by atoms with Crippen LogP contribution in [0.5, 0.6) is 5.75 Å². The zero-order valence-electron chi connectivity index (χ0n) is 13.5. The van der Waals surface area contributed by atoms with Crippen molar-refractivity contribution >= 4 is 9.84 Å². The smallest absolute Gasteiger partial charge is 0.161 e. The van der Waals surface area contributed by atoms with E-state index in [0.29, 0.717) is 23.3 Å². The number of nitriles is 1. The molecule has 0 aromatic heterocycles.